The van der Waals surface area contributed by atoms with Crippen molar-refractivity contribution in [1.29, 1.82) is 0 Å². The molecule has 0 aliphatic heterocycles. The fraction of sp³-hybridized carbons (Fsp3) is 0.235. The molecule has 2 aromatic carbocycles. The first kappa shape index (κ1) is 19.2. The van der Waals surface area contributed by atoms with Gasteiger partial charge in [-0.05, 0) is 48.0 Å². The summed E-state index contributed by atoms with van der Waals surface area (Å²) in [5.41, 5.74) is 0.222. The van der Waals surface area contributed by atoms with E-state index in [2.05, 4.69) is 0 Å². The molecule has 0 atom stereocenters. The summed E-state index contributed by atoms with van der Waals surface area (Å²) >= 11 is 5.54. The summed E-state index contributed by atoms with van der Waals surface area (Å²) in [7, 11) is -1.73. The number of halogens is 1. The van der Waals surface area contributed by atoms with Crippen molar-refractivity contribution in [2.75, 3.05) is 26.6 Å². The van der Waals surface area contributed by atoms with Gasteiger partial charge in [-0.15, -0.1) is 0 Å². The van der Waals surface area contributed by atoms with Crippen LogP contribution in [0.15, 0.2) is 47.4 Å². The van der Waals surface area contributed by atoms with E-state index in [1.807, 2.05) is 0 Å². The van der Waals surface area contributed by atoms with Crippen LogP contribution in [0.3, 0.4) is 0 Å². The van der Waals surface area contributed by atoms with Crippen LogP contribution in [0.25, 0.3) is 0 Å². The minimum absolute atomic E-state index is 0.188. The summed E-state index contributed by atoms with van der Waals surface area (Å²) in [6.45, 7) is 0.696. The van der Waals surface area contributed by atoms with Gasteiger partial charge < -0.3 is 14.2 Å². The summed E-state index contributed by atoms with van der Waals surface area (Å²) in [6, 6.07) is 10.5. The molecule has 0 radical (unpaired) electrons. The lowest BCUT2D eigenvalue weighted by Crippen LogP contribution is -2.05. The minimum Gasteiger partial charge on any atom is -0.491 e. The molecule has 6 nitrogen and oxygen atoms in total. The van der Waals surface area contributed by atoms with E-state index in [0.717, 1.165) is 6.26 Å². The lowest BCUT2D eigenvalue weighted by Gasteiger charge is -2.11. The molecule has 0 aromatic heterocycles. The lowest BCUT2D eigenvalue weighted by molar-refractivity contribution is 0.108. The molecule has 0 saturated carbocycles. The van der Waals surface area contributed by atoms with Gasteiger partial charge in [-0.25, -0.2) is 8.42 Å². The van der Waals surface area contributed by atoms with Crippen LogP contribution in [0, 0.1) is 0 Å². The molecule has 0 heterocycles. The fourth-order valence-corrected chi connectivity index (χ4v) is 2.70. The molecule has 0 bridgehead atoms. The van der Waals surface area contributed by atoms with Crippen molar-refractivity contribution in [2.24, 2.45) is 0 Å². The Morgan fingerprint density at radius 1 is 1.00 bits per heavy atom. The third kappa shape index (κ3) is 5.74. The highest BCUT2D eigenvalue weighted by Crippen LogP contribution is 2.29. The zero-order valence-electron chi connectivity index (χ0n) is 13.7. The van der Waals surface area contributed by atoms with E-state index in [1.165, 1.54) is 36.4 Å². The van der Waals surface area contributed by atoms with Crippen molar-refractivity contribution in [1.82, 2.24) is 0 Å². The molecular formula is C17H17ClO6S. The number of sulfone groups is 1. The SMILES string of the molecule is COCCOc1cc(Oc2ccc(S(C)(=O)=O)cc2)cc(C(=O)Cl)c1. The zero-order chi connectivity index (χ0) is 18.4. The van der Waals surface area contributed by atoms with E-state index in [1.54, 1.807) is 13.2 Å². The Balaban J connectivity index is 2.23. The van der Waals surface area contributed by atoms with Crippen LogP contribution >= 0.6 is 11.6 Å². The van der Waals surface area contributed by atoms with Crippen LogP contribution in [0.4, 0.5) is 0 Å². The van der Waals surface area contributed by atoms with Gasteiger partial charge in [-0.1, -0.05) is 0 Å². The van der Waals surface area contributed by atoms with Gasteiger partial charge in [0.25, 0.3) is 5.24 Å². The summed E-state index contributed by atoms with van der Waals surface area (Å²) < 4.78 is 39.0. The Kier molecular flexibility index (Phi) is 6.41. The normalized spacial score (nSPS) is 11.2. The zero-order valence-corrected chi connectivity index (χ0v) is 15.3. The lowest BCUT2D eigenvalue weighted by atomic mass is 10.2. The predicted molar refractivity (Wildman–Crippen MR) is 93.6 cm³/mol. The average molecular weight is 385 g/mol. The number of ether oxygens (including phenoxy) is 3. The number of carbonyl (C=O) groups excluding carboxylic acids is 1. The van der Waals surface area contributed by atoms with Crippen LogP contribution in [-0.2, 0) is 14.6 Å². The van der Waals surface area contributed by atoms with Gasteiger partial charge in [0, 0.05) is 25.0 Å². The van der Waals surface area contributed by atoms with Crippen LogP contribution in [0.1, 0.15) is 10.4 Å². The second-order valence-electron chi connectivity index (χ2n) is 5.15. The predicted octanol–water partition coefficient (Wildman–Crippen LogP) is 3.29. The van der Waals surface area contributed by atoms with Crippen LogP contribution in [0.5, 0.6) is 17.2 Å². The highest BCUT2D eigenvalue weighted by Gasteiger charge is 2.10. The topological polar surface area (TPSA) is 78.9 Å². The number of methoxy groups -OCH3 is 1. The second kappa shape index (κ2) is 8.33. The number of carbonyl (C=O) groups is 1. The average Bonchev–Trinajstić information content (AvgIpc) is 2.54. The Bertz CT molecular complexity index is 846. The van der Waals surface area contributed by atoms with Gasteiger partial charge in [-0.2, -0.15) is 0 Å². The van der Waals surface area contributed by atoms with Crippen LogP contribution in [0.2, 0.25) is 0 Å². The maximum atomic E-state index is 11.5. The molecule has 0 N–H and O–H groups in total. The Labute approximate surface area is 151 Å². The summed E-state index contributed by atoms with van der Waals surface area (Å²) in [5.74, 6) is 1.16. The van der Waals surface area contributed by atoms with Crippen molar-refractivity contribution < 1.29 is 27.4 Å². The molecule has 0 fully saturated rings. The molecule has 2 aromatic rings. The number of rotatable bonds is 8. The van der Waals surface area contributed by atoms with E-state index in [0.29, 0.717) is 30.5 Å². The first-order valence-corrected chi connectivity index (χ1v) is 9.51. The maximum Gasteiger partial charge on any atom is 0.252 e. The molecule has 0 spiro atoms. The summed E-state index contributed by atoms with van der Waals surface area (Å²) in [4.78, 5) is 11.6. The third-order valence-corrected chi connectivity index (χ3v) is 4.50. The largest absolute Gasteiger partial charge is 0.491 e. The highest BCUT2D eigenvalue weighted by molar-refractivity contribution is 7.90. The third-order valence-electron chi connectivity index (χ3n) is 3.15. The molecule has 0 unspecified atom stereocenters. The van der Waals surface area contributed by atoms with Gasteiger partial charge in [0.1, 0.15) is 23.9 Å². The monoisotopic (exact) mass is 384 g/mol. The van der Waals surface area contributed by atoms with Gasteiger partial charge in [-0.3, -0.25) is 4.79 Å². The molecular weight excluding hydrogens is 368 g/mol. The summed E-state index contributed by atoms with van der Waals surface area (Å²) in [5, 5.41) is -0.644. The quantitative estimate of drug-likeness (QED) is 0.513. The van der Waals surface area contributed by atoms with Crippen molar-refractivity contribution in [3.05, 3.63) is 48.0 Å². The second-order valence-corrected chi connectivity index (χ2v) is 7.51. The number of hydrogen-bond acceptors (Lipinski definition) is 6. The van der Waals surface area contributed by atoms with Crippen molar-refractivity contribution in [2.45, 2.75) is 4.90 Å². The van der Waals surface area contributed by atoms with Gasteiger partial charge in [0.05, 0.1) is 11.5 Å². The van der Waals surface area contributed by atoms with Crippen LogP contribution < -0.4 is 9.47 Å². The first-order valence-electron chi connectivity index (χ1n) is 7.24. The number of benzene rings is 2. The number of hydrogen-bond donors (Lipinski definition) is 0. The van der Waals surface area contributed by atoms with E-state index in [4.69, 9.17) is 25.8 Å². The van der Waals surface area contributed by atoms with Gasteiger partial charge in [0.2, 0.25) is 0 Å². The Morgan fingerprint density at radius 2 is 1.64 bits per heavy atom. The van der Waals surface area contributed by atoms with Crippen molar-refractivity contribution in [3.8, 4) is 17.2 Å². The first-order chi connectivity index (χ1) is 11.8. The fourth-order valence-electron chi connectivity index (χ4n) is 1.96. The van der Waals surface area contributed by atoms with Crippen LogP contribution in [-0.4, -0.2) is 40.2 Å². The Hall–Kier alpha value is -2.09. The molecule has 0 amide bonds. The van der Waals surface area contributed by atoms with Crippen molar-refractivity contribution >= 4 is 26.7 Å². The summed E-state index contributed by atoms with van der Waals surface area (Å²) in [6.07, 6.45) is 1.13. The van der Waals surface area contributed by atoms with E-state index in [9.17, 15) is 13.2 Å². The molecule has 0 aliphatic rings. The molecule has 0 aliphatic carbocycles. The molecule has 8 heteroatoms. The maximum absolute atomic E-state index is 11.5. The molecule has 25 heavy (non-hydrogen) atoms. The van der Waals surface area contributed by atoms with E-state index < -0.39 is 15.1 Å². The Morgan fingerprint density at radius 3 is 2.20 bits per heavy atom. The highest BCUT2D eigenvalue weighted by atomic mass is 35.5. The van der Waals surface area contributed by atoms with Gasteiger partial charge >= 0.3 is 0 Å². The van der Waals surface area contributed by atoms with E-state index in [-0.39, 0.29) is 10.5 Å². The van der Waals surface area contributed by atoms with Crippen molar-refractivity contribution in [3.63, 3.8) is 0 Å². The molecule has 2 rings (SSSR count). The van der Waals surface area contributed by atoms with Gasteiger partial charge in [0.15, 0.2) is 9.84 Å². The smallest absolute Gasteiger partial charge is 0.252 e. The van der Waals surface area contributed by atoms with E-state index >= 15 is 0 Å². The molecule has 0 saturated heterocycles. The standard InChI is InChI=1S/C17H17ClO6S/c1-22-7-8-23-14-9-12(17(18)19)10-15(11-14)24-13-3-5-16(6-4-13)25(2,20)21/h3-6,9-11H,7-8H2,1-2H3. The minimum atomic E-state index is -3.28. The molecule has 134 valence electrons.